The van der Waals surface area contributed by atoms with Crippen molar-refractivity contribution in [1.82, 2.24) is 4.90 Å². The third-order valence-corrected chi connectivity index (χ3v) is 4.60. The molecule has 0 aromatic rings. The second kappa shape index (κ2) is 1.82. The molecule has 3 unspecified atom stereocenters. The molecule has 0 amide bonds. The molecule has 3 rings (SSSR count). The largest absolute Gasteiger partial charge is 0.303 e. The third kappa shape index (κ3) is 0.581. The van der Waals surface area contributed by atoms with E-state index >= 15 is 0 Å². The molecule has 0 aromatic heterocycles. The van der Waals surface area contributed by atoms with Gasteiger partial charge in [-0.2, -0.15) is 0 Å². The van der Waals surface area contributed by atoms with Crippen molar-refractivity contribution in [1.29, 1.82) is 0 Å². The molecule has 0 bridgehead atoms. The zero-order chi connectivity index (χ0) is 7.47. The molecule has 1 nitrogen and oxygen atoms in total. The standard InChI is InChI=1S/C10H17N/c1-11-7-8-4-6-10(8)5-2-3-9(10)11/h8-9H,2-7H2,1H3. The Morgan fingerprint density at radius 1 is 1.27 bits per heavy atom. The molecule has 3 aliphatic rings. The lowest BCUT2D eigenvalue weighted by atomic mass is 9.60. The average Bonchev–Trinajstić information content (AvgIpc) is 2.48. The van der Waals surface area contributed by atoms with Gasteiger partial charge in [-0.05, 0) is 44.1 Å². The van der Waals surface area contributed by atoms with Crippen LogP contribution in [0, 0.1) is 11.3 Å². The van der Waals surface area contributed by atoms with Crippen molar-refractivity contribution in [3.05, 3.63) is 0 Å². The van der Waals surface area contributed by atoms with Crippen LogP contribution in [0.1, 0.15) is 32.1 Å². The van der Waals surface area contributed by atoms with Crippen LogP contribution in [0.2, 0.25) is 0 Å². The second-order valence-electron chi connectivity index (χ2n) is 4.82. The summed E-state index contributed by atoms with van der Waals surface area (Å²) in [6, 6.07) is 0.987. The molecular formula is C10H17N. The van der Waals surface area contributed by atoms with Gasteiger partial charge in [-0.3, -0.25) is 0 Å². The monoisotopic (exact) mass is 151 g/mol. The summed E-state index contributed by atoms with van der Waals surface area (Å²) >= 11 is 0. The van der Waals surface area contributed by atoms with Crippen molar-refractivity contribution in [3.63, 3.8) is 0 Å². The number of rotatable bonds is 0. The summed E-state index contributed by atoms with van der Waals surface area (Å²) in [5, 5.41) is 0. The van der Waals surface area contributed by atoms with E-state index in [1.807, 2.05) is 0 Å². The molecule has 2 saturated carbocycles. The molecule has 1 aliphatic heterocycles. The second-order valence-corrected chi connectivity index (χ2v) is 4.82. The van der Waals surface area contributed by atoms with Gasteiger partial charge in [0.1, 0.15) is 0 Å². The van der Waals surface area contributed by atoms with Crippen LogP contribution in [-0.2, 0) is 0 Å². The van der Waals surface area contributed by atoms with Crippen molar-refractivity contribution >= 4 is 0 Å². The van der Waals surface area contributed by atoms with Gasteiger partial charge < -0.3 is 4.90 Å². The fourth-order valence-corrected chi connectivity index (χ4v) is 3.97. The fraction of sp³-hybridized carbons (Fsp3) is 1.00. The Kier molecular flexibility index (Phi) is 1.07. The smallest absolute Gasteiger partial charge is 0.0152 e. The molecule has 1 heterocycles. The third-order valence-electron chi connectivity index (χ3n) is 4.60. The first-order valence-corrected chi connectivity index (χ1v) is 5.03. The Morgan fingerprint density at radius 2 is 2.18 bits per heavy atom. The molecular weight excluding hydrogens is 134 g/mol. The van der Waals surface area contributed by atoms with E-state index in [2.05, 4.69) is 11.9 Å². The topological polar surface area (TPSA) is 3.24 Å². The summed E-state index contributed by atoms with van der Waals surface area (Å²) in [6.45, 7) is 1.41. The highest BCUT2D eigenvalue weighted by Gasteiger charge is 2.59. The van der Waals surface area contributed by atoms with Crippen LogP contribution >= 0.6 is 0 Å². The predicted octanol–water partition coefficient (Wildman–Crippen LogP) is 1.88. The van der Waals surface area contributed by atoms with Gasteiger partial charge in [0.15, 0.2) is 0 Å². The SMILES string of the molecule is CN1CC2CCC23CCCC13. The molecule has 3 atom stereocenters. The summed E-state index contributed by atoms with van der Waals surface area (Å²) in [4.78, 5) is 2.63. The van der Waals surface area contributed by atoms with Crippen LogP contribution < -0.4 is 0 Å². The van der Waals surface area contributed by atoms with Crippen LogP contribution in [0.5, 0.6) is 0 Å². The van der Waals surface area contributed by atoms with Crippen LogP contribution in [0.4, 0.5) is 0 Å². The van der Waals surface area contributed by atoms with E-state index in [1.165, 1.54) is 25.8 Å². The maximum Gasteiger partial charge on any atom is 0.0152 e. The summed E-state index contributed by atoms with van der Waals surface area (Å²) in [5.74, 6) is 1.10. The molecule has 11 heavy (non-hydrogen) atoms. The first-order chi connectivity index (χ1) is 5.33. The van der Waals surface area contributed by atoms with Crippen LogP contribution in [-0.4, -0.2) is 24.5 Å². The van der Waals surface area contributed by atoms with Gasteiger partial charge >= 0.3 is 0 Å². The number of hydrogen-bond acceptors (Lipinski definition) is 1. The van der Waals surface area contributed by atoms with Crippen LogP contribution in [0.15, 0.2) is 0 Å². The maximum absolute atomic E-state index is 2.63. The van der Waals surface area contributed by atoms with E-state index in [0.29, 0.717) is 0 Å². The molecule has 0 radical (unpaired) electrons. The number of hydrogen-bond donors (Lipinski definition) is 0. The molecule has 1 spiro atoms. The van der Waals surface area contributed by atoms with Crippen molar-refractivity contribution < 1.29 is 0 Å². The first kappa shape index (κ1) is 6.47. The minimum Gasteiger partial charge on any atom is -0.303 e. The average molecular weight is 151 g/mol. The molecule has 1 heteroatoms. The molecule has 0 N–H and O–H groups in total. The molecule has 0 aromatic carbocycles. The van der Waals surface area contributed by atoms with E-state index in [0.717, 1.165) is 17.4 Å². The van der Waals surface area contributed by atoms with E-state index in [4.69, 9.17) is 0 Å². The van der Waals surface area contributed by atoms with Gasteiger partial charge in [0.2, 0.25) is 0 Å². The maximum atomic E-state index is 2.63. The zero-order valence-electron chi connectivity index (χ0n) is 7.34. The van der Waals surface area contributed by atoms with Gasteiger partial charge in [0, 0.05) is 12.6 Å². The lowest BCUT2D eigenvalue weighted by Gasteiger charge is -2.44. The van der Waals surface area contributed by atoms with E-state index in [1.54, 1.807) is 12.8 Å². The van der Waals surface area contributed by atoms with Crippen molar-refractivity contribution in [3.8, 4) is 0 Å². The van der Waals surface area contributed by atoms with Gasteiger partial charge in [-0.1, -0.05) is 6.42 Å². The number of nitrogens with zero attached hydrogens (tertiary/aromatic N) is 1. The van der Waals surface area contributed by atoms with Gasteiger partial charge in [0.05, 0.1) is 0 Å². The summed E-state index contributed by atoms with van der Waals surface area (Å²) in [7, 11) is 2.33. The van der Waals surface area contributed by atoms with E-state index in [9.17, 15) is 0 Å². The summed E-state index contributed by atoms with van der Waals surface area (Å²) < 4.78 is 0. The van der Waals surface area contributed by atoms with Crippen LogP contribution in [0.25, 0.3) is 0 Å². The Hall–Kier alpha value is -0.0400. The summed E-state index contributed by atoms with van der Waals surface area (Å²) in [5.41, 5.74) is 0.842. The molecule has 1 saturated heterocycles. The summed E-state index contributed by atoms with van der Waals surface area (Å²) in [6.07, 6.45) is 7.62. The highest BCUT2D eigenvalue weighted by atomic mass is 15.2. The Balaban J connectivity index is 1.97. The lowest BCUT2D eigenvalue weighted by Crippen LogP contribution is -2.41. The Bertz CT molecular complexity index is 189. The first-order valence-electron chi connectivity index (χ1n) is 5.03. The van der Waals surface area contributed by atoms with Crippen LogP contribution in [0.3, 0.4) is 0 Å². The fourth-order valence-electron chi connectivity index (χ4n) is 3.97. The minimum absolute atomic E-state index is 0.842. The van der Waals surface area contributed by atoms with Crippen molar-refractivity contribution in [2.24, 2.45) is 11.3 Å². The van der Waals surface area contributed by atoms with E-state index < -0.39 is 0 Å². The highest BCUT2D eigenvalue weighted by Crippen LogP contribution is 2.62. The molecule has 3 fully saturated rings. The Labute approximate surface area is 68.8 Å². The predicted molar refractivity (Wildman–Crippen MR) is 45.4 cm³/mol. The Morgan fingerprint density at radius 3 is 2.82 bits per heavy atom. The highest BCUT2D eigenvalue weighted by molar-refractivity contribution is 5.12. The zero-order valence-corrected chi connectivity index (χ0v) is 7.34. The van der Waals surface area contributed by atoms with E-state index in [-0.39, 0.29) is 0 Å². The number of likely N-dealkylation sites (tertiary alicyclic amines) is 1. The van der Waals surface area contributed by atoms with Gasteiger partial charge in [-0.15, -0.1) is 0 Å². The molecule has 62 valence electrons. The minimum atomic E-state index is 0.842. The normalized spacial score (nSPS) is 55.4. The van der Waals surface area contributed by atoms with Gasteiger partial charge in [0.25, 0.3) is 0 Å². The quantitative estimate of drug-likeness (QED) is 0.511. The van der Waals surface area contributed by atoms with Crippen molar-refractivity contribution in [2.45, 2.75) is 38.1 Å². The molecule has 2 aliphatic carbocycles. The lowest BCUT2D eigenvalue weighted by molar-refractivity contribution is 0.0650. The van der Waals surface area contributed by atoms with Crippen molar-refractivity contribution in [2.75, 3.05) is 13.6 Å². The van der Waals surface area contributed by atoms with Gasteiger partial charge in [-0.25, -0.2) is 0 Å².